The summed E-state index contributed by atoms with van der Waals surface area (Å²) in [5.74, 6) is 4.61. The van der Waals surface area contributed by atoms with E-state index in [0.29, 0.717) is 53.4 Å². The topological polar surface area (TPSA) is 30.7 Å². The molecule has 3 nitrogen and oxygen atoms in total. The Balaban J connectivity index is 0.000000407. The second-order valence-corrected chi connectivity index (χ2v) is 20.9. The van der Waals surface area contributed by atoms with Crippen LogP contribution in [0.2, 0.25) is 0 Å². The van der Waals surface area contributed by atoms with E-state index in [2.05, 4.69) is 179 Å². The lowest BCUT2D eigenvalue weighted by atomic mass is 9.86. The molecule has 0 bridgehead atoms. The first-order valence-corrected chi connectivity index (χ1v) is 23.8. The zero-order valence-electron chi connectivity index (χ0n) is 43.6. The van der Waals surface area contributed by atoms with Crippen LogP contribution < -0.4 is 0 Å². The second-order valence-electron chi connectivity index (χ2n) is 20.9. The van der Waals surface area contributed by atoms with Gasteiger partial charge >= 0.3 is 0 Å². The molecule has 344 valence electrons. The van der Waals surface area contributed by atoms with Crippen molar-refractivity contribution in [1.29, 1.82) is 0 Å². The molecular weight excluding hydrogens is 753 g/mol. The standard InChI is InChI=1S/2C15H23F.C14H23N.C12H22N2/c1-9(2)12-7-14(11(5)6)15(16)8-13(12)10(3)4;1-9(2)12-7-8-13(10(3)4)15(16)14(12)11(5)6;1-9(2)12-7-8-13(10(3)4)15-14(12)11(5)6;1-8(2)11-7-14(10(5)6)13-12(11)9(3)4/h2*7-11H,1-6H3;7-11H,1-6H3;7-10H,1-6H3. The molecule has 0 aliphatic rings. The fourth-order valence-electron chi connectivity index (χ4n) is 7.58. The van der Waals surface area contributed by atoms with Crippen LogP contribution in [-0.2, 0) is 0 Å². The third-order valence-corrected chi connectivity index (χ3v) is 11.4. The predicted octanol–water partition coefficient (Wildman–Crippen LogP) is 18.6. The zero-order valence-corrected chi connectivity index (χ0v) is 43.6. The van der Waals surface area contributed by atoms with Crippen LogP contribution in [0.15, 0.2) is 42.6 Å². The number of aromatic nitrogens is 3. The third-order valence-electron chi connectivity index (χ3n) is 11.4. The summed E-state index contributed by atoms with van der Waals surface area (Å²) in [6, 6.07) is 12.7. The first kappa shape index (κ1) is 55.7. The molecule has 61 heavy (non-hydrogen) atoms. The number of benzene rings is 2. The van der Waals surface area contributed by atoms with E-state index in [4.69, 9.17) is 4.98 Å². The third kappa shape index (κ3) is 16.1. The van der Waals surface area contributed by atoms with Gasteiger partial charge in [0, 0.05) is 23.6 Å². The van der Waals surface area contributed by atoms with Gasteiger partial charge in [-0.1, -0.05) is 177 Å². The Morgan fingerprint density at radius 2 is 0.787 bits per heavy atom. The molecule has 0 amide bonds. The first-order valence-electron chi connectivity index (χ1n) is 23.8. The van der Waals surface area contributed by atoms with Crippen molar-refractivity contribution < 1.29 is 8.78 Å². The minimum Gasteiger partial charge on any atom is -0.270 e. The summed E-state index contributed by atoms with van der Waals surface area (Å²) in [5.41, 5.74) is 12.7. The van der Waals surface area contributed by atoms with Crippen molar-refractivity contribution in [1.82, 2.24) is 14.8 Å². The van der Waals surface area contributed by atoms with E-state index in [0.717, 1.165) is 27.8 Å². The van der Waals surface area contributed by atoms with Crippen molar-refractivity contribution >= 4 is 0 Å². The molecule has 0 spiro atoms. The minimum absolute atomic E-state index is 0.0104. The highest BCUT2D eigenvalue weighted by molar-refractivity contribution is 5.40. The molecule has 5 heteroatoms. The van der Waals surface area contributed by atoms with Gasteiger partial charge in [0.05, 0.1) is 5.69 Å². The molecule has 0 radical (unpaired) electrons. The Morgan fingerprint density at radius 1 is 0.377 bits per heavy atom. The molecular formula is C56H91F2N3. The maximum atomic E-state index is 14.4. The van der Waals surface area contributed by atoms with Crippen LogP contribution in [0.4, 0.5) is 8.78 Å². The fourth-order valence-corrected chi connectivity index (χ4v) is 7.58. The van der Waals surface area contributed by atoms with Gasteiger partial charge in [-0.25, -0.2) is 8.78 Å². The van der Waals surface area contributed by atoms with Crippen LogP contribution in [0.1, 0.15) is 299 Å². The maximum absolute atomic E-state index is 14.4. The molecule has 0 fully saturated rings. The van der Waals surface area contributed by atoms with E-state index in [9.17, 15) is 8.78 Å². The monoisotopic (exact) mass is 844 g/mol. The Hall–Kier alpha value is -3.34. The summed E-state index contributed by atoms with van der Waals surface area (Å²) < 4.78 is 30.4. The Kier molecular flexibility index (Phi) is 22.9. The Labute approximate surface area is 375 Å². The molecule has 4 rings (SSSR count). The van der Waals surface area contributed by atoms with Crippen molar-refractivity contribution in [3.05, 3.63) is 116 Å². The maximum Gasteiger partial charge on any atom is 0.130 e. The van der Waals surface area contributed by atoms with Crippen LogP contribution >= 0.6 is 0 Å². The zero-order chi connectivity index (χ0) is 47.4. The van der Waals surface area contributed by atoms with E-state index in [1.165, 1.54) is 33.8 Å². The highest BCUT2D eigenvalue weighted by Crippen LogP contribution is 2.34. The lowest BCUT2D eigenvalue weighted by Crippen LogP contribution is -2.06. The Morgan fingerprint density at radius 3 is 1.15 bits per heavy atom. The summed E-state index contributed by atoms with van der Waals surface area (Å²) in [7, 11) is 0. The highest BCUT2D eigenvalue weighted by Gasteiger charge is 2.20. The molecule has 0 saturated heterocycles. The van der Waals surface area contributed by atoms with E-state index in [1.54, 1.807) is 6.07 Å². The molecule has 0 unspecified atom stereocenters. The molecule has 4 aromatic rings. The Bertz CT molecular complexity index is 1860. The quantitative estimate of drug-likeness (QED) is 0.142. The number of nitrogens with zero attached hydrogens (tertiary/aromatic N) is 3. The van der Waals surface area contributed by atoms with Crippen LogP contribution in [0.5, 0.6) is 0 Å². The molecule has 2 aromatic heterocycles. The number of hydrogen-bond donors (Lipinski definition) is 0. The van der Waals surface area contributed by atoms with Gasteiger partial charge in [0.15, 0.2) is 0 Å². The molecule has 2 aromatic carbocycles. The van der Waals surface area contributed by atoms with Crippen molar-refractivity contribution in [2.75, 3.05) is 0 Å². The largest absolute Gasteiger partial charge is 0.270 e. The summed E-state index contributed by atoms with van der Waals surface area (Å²) >= 11 is 0. The van der Waals surface area contributed by atoms with Crippen molar-refractivity contribution in [3.8, 4) is 0 Å². The average Bonchev–Trinajstić information content (AvgIpc) is 3.62. The summed E-state index contributed by atoms with van der Waals surface area (Å²) in [6.07, 6.45) is 2.20. The van der Waals surface area contributed by atoms with Crippen LogP contribution in [0, 0.1) is 11.6 Å². The number of halogens is 2. The normalized spacial score (nSPS) is 11.9. The van der Waals surface area contributed by atoms with Crippen molar-refractivity contribution in [2.45, 2.75) is 237 Å². The molecule has 0 atom stereocenters. The smallest absolute Gasteiger partial charge is 0.130 e. The van der Waals surface area contributed by atoms with E-state index in [-0.39, 0.29) is 29.4 Å². The van der Waals surface area contributed by atoms with Gasteiger partial charge in [-0.05, 0) is 136 Å². The van der Waals surface area contributed by atoms with E-state index < -0.39 is 0 Å². The second kappa shape index (κ2) is 25.1. The van der Waals surface area contributed by atoms with E-state index >= 15 is 0 Å². The van der Waals surface area contributed by atoms with Gasteiger partial charge < -0.3 is 0 Å². The number of hydrogen-bond acceptors (Lipinski definition) is 2. The predicted molar refractivity (Wildman–Crippen MR) is 265 cm³/mol. The molecule has 0 N–H and O–H groups in total. The van der Waals surface area contributed by atoms with Gasteiger partial charge in [0.25, 0.3) is 0 Å². The van der Waals surface area contributed by atoms with Crippen LogP contribution in [-0.4, -0.2) is 14.8 Å². The molecule has 0 saturated carbocycles. The van der Waals surface area contributed by atoms with Crippen LogP contribution in [0.25, 0.3) is 0 Å². The number of rotatable bonds is 12. The van der Waals surface area contributed by atoms with E-state index in [1.807, 2.05) is 33.8 Å². The van der Waals surface area contributed by atoms with Gasteiger partial charge in [-0.3, -0.25) is 9.67 Å². The van der Waals surface area contributed by atoms with Crippen molar-refractivity contribution in [2.24, 2.45) is 0 Å². The summed E-state index contributed by atoms with van der Waals surface area (Å²) in [5, 5.41) is 4.65. The SMILES string of the molecule is CC(C)c1cc(C(C)C)c(C(C)C)cc1F.CC(C)c1ccc(C(C)C)c(C(C)C)c1F.CC(C)c1ccc(C(C)C)c(C(C)C)n1.CC(C)c1cn(C(C)C)nc1C(C)C. The lowest BCUT2D eigenvalue weighted by molar-refractivity contribution is 0.522. The molecule has 0 aliphatic carbocycles. The first-order chi connectivity index (χ1) is 28.1. The fraction of sp³-hybridized carbons (Fsp3) is 0.643. The van der Waals surface area contributed by atoms with Gasteiger partial charge in [-0.2, -0.15) is 5.10 Å². The lowest BCUT2D eigenvalue weighted by Gasteiger charge is -2.20. The van der Waals surface area contributed by atoms with Crippen molar-refractivity contribution in [3.63, 3.8) is 0 Å². The van der Waals surface area contributed by atoms with Gasteiger partial charge in [0.1, 0.15) is 11.6 Å². The minimum atomic E-state index is -0.0527. The highest BCUT2D eigenvalue weighted by atomic mass is 19.1. The summed E-state index contributed by atoms with van der Waals surface area (Å²) in [6.45, 7) is 51.6. The summed E-state index contributed by atoms with van der Waals surface area (Å²) in [4.78, 5) is 4.79. The van der Waals surface area contributed by atoms with Gasteiger partial charge in [-0.15, -0.1) is 0 Å². The average molecular weight is 844 g/mol. The number of pyridine rings is 1. The van der Waals surface area contributed by atoms with Gasteiger partial charge in [0.2, 0.25) is 0 Å². The molecule has 2 heterocycles. The van der Waals surface area contributed by atoms with Crippen LogP contribution in [0.3, 0.4) is 0 Å². The molecule has 0 aliphatic heterocycles.